The Labute approximate surface area is 89.5 Å². The fourth-order valence-corrected chi connectivity index (χ4v) is 3.31. The van der Waals surface area contributed by atoms with Crippen molar-refractivity contribution in [1.82, 2.24) is 0 Å². The Kier molecular flexibility index (Phi) is 3.89. The Hall–Kier alpha value is 0. The first-order valence-electron chi connectivity index (χ1n) is 6.48. The summed E-state index contributed by atoms with van der Waals surface area (Å²) in [7, 11) is 0. The molecular formula is C14H24. The molecule has 0 spiro atoms. The number of rotatable bonds is 4. The minimum Gasteiger partial charge on any atom is -0.0625 e. The van der Waals surface area contributed by atoms with Crippen molar-refractivity contribution >= 4 is 0 Å². The maximum Gasteiger partial charge on any atom is -0.0383 e. The van der Waals surface area contributed by atoms with Gasteiger partial charge in [0.25, 0.3) is 0 Å². The van der Waals surface area contributed by atoms with E-state index >= 15 is 0 Å². The third-order valence-electron chi connectivity index (χ3n) is 4.03. The highest BCUT2D eigenvalue weighted by Gasteiger charge is 2.22. The van der Waals surface area contributed by atoms with Crippen LogP contribution in [0.15, 0.2) is 0 Å². The van der Waals surface area contributed by atoms with Crippen LogP contribution in [0.25, 0.3) is 0 Å². The maximum atomic E-state index is 2.49. The SMILES string of the molecule is CC(CC1C[CH]CC1)CC1C[CH]CC1. The molecule has 2 unspecified atom stereocenters. The van der Waals surface area contributed by atoms with Gasteiger partial charge in [-0.1, -0.05) is 19.8 Å². The van der Waals surface area contributed by atoms with E-state index < -0.39 is 0 Å². The van der Waals surface area contributed by atoms with E-state index in [2.05, 4.69) is 19.8 Å². The summed E-state index contributed by atoms with van der Waals surface area (Å²) < 4.78 is 0. The topological polar surface area (TPSA) is 0 Å². The molecule has 0 aromatic carbocycles. The Morgan fingerprint density at radius 1 is 1.00 bits per heavy atom. The molecule has 0 aromatic rings. The first-order valence-corrected chi connectivity index (χ1v) is 6.48. The summed E-state index contributed by atoms with van der Waals surface area (Å²) in [5.74, 6) is 3.05. The summed E-state index contributed by atoms with van der Waals surface area (Å²) in [4.78, 5) is 0. The average Bonchev–Trinajstić information content (AvgIpc) is 2.76. The minimum atomic E-state index is 0.975. The monoisotopic (exact) mass is 192 g/mol. The van der Waals surface area contributed by atoms with Crippen molar-refractivity contribution in [2.45, 2.75) is 58.3 Å². The molecule has 0 aromatic heterocycles. The van der Waals surface area contributed by atoms with Crippen molar-refractivity contribution in [1.29, 1.82) is 0 Å². The maximum absolute atomic E-state index is 2.49. The van der Waals surface area contributed by atoms with Gasteiger partial charge in [-0.15, -0.1) is 0 Å². The Balaban J connectivity index is 1.64. The van der Waals surface area contributed by atoms with Gasteiger partial charge >= 0.3 is 0 Å². The largest absolute Gasteiger partial charge is 0.0625 e. The normalized spacial score (nSPS) is 25.3. The summed E-state index contributed by atoms with van der Waals surface area (Å²) in [6, 6.07) is 0. The van der Waals surface area contributed by atoms with Crippen LogP contribution in [0.3, 0.4) is 0 Å². The predicted octanol–water partition coefficient (Wildman–Crippen LogP) is 4.41. The van der Waals surface area contributed by atoms with Gasteiger partial charge in [-0.05, 0) is 69.1 Å². The van der Waals surface area contributed by atoms with Crippen molar-refractivity contribution < 1.29 is 0 Å². The Bertz CT molecular complexity index is 131. The molecule has 0 heterocycles. The van der Waals surface area contributed by atoms with Crippen LogP contribution < -0.4 is 0 Å². The molecule has 2 rings (SSSR count). The zero-order chi connectivity index (χ0) is 9.80. The van der Waals surface area contributed by atoms with Crippen molar-refractivity contribution in [3.05, 3.63) is 12.8 Å². The number of hydrogen-bond donors (Lipinski definition) is 0. The summed E-state index contributed by atoms with van der Waals surface area (Å²) >= 11 is 0. The lowest BCUT2D eigenvalue weighted by molar-refractivity contribution is 0.329. The van der Waals surface area contributed by atoms with Crippen molar-refractivity contribution in [2.24, 2.45) is 17.8 Å². The highest BCUT2D eigenvalue weighted by Crippen LogP contribution is 2.35. The summed E-state index contributed by atoms with van der Waals surface area (Å²) in [6.45, 7) is 2.47. The summed E-state index contributed by atoms with van der Waals surface area (Å²) in [5.41, 5.74) is 0. The molecule has 2 aliphatic rings. The molecule has 0 saturated heterocycles. The highest BCUT2D eigenvalue weighted by atomic mass is 14.3. The average molecular weight is 192 g/mol. The molecular weight excluding hydrogens is 168 g/mol. The fourth-order valence-electron chi connectivity index (χ4n) is 3.31. The minimum absolute atomic E-state index is 0.975. The molecule has 2 fully saturated rings. The van der Waals surface area contributed by atoms with Gasteiger partial charge in [0.1, 0.15) is 0 Å². The van der Waals surface area contributed by atoms with E-state index in [0.29, 0.717) is 0 Å². The quantitative estimate of drug-likeness (QED) is 0.619. The molecule has 0 nitrogen and oxygen atoms in total. The molecule has 0 amide bonds. The van der Waals surface area contributed by atoms with Crippen LogP contribution in [-0.4, -0.2) is 0 Å². The van der Waals surface area contributed by atoms with Gasteiger partial charge in [0.05, 0.1) is 0 Å². The molecule has 0 heteroatoms. The van der Waals surface area contributed by atoms with Gasteiger partial charge in [0.15, 0.2) is 0 Å². The zero-order valence-corrected chi connectivity index (χ0v) is 9.54. The second-order valence-corrected chi connectivity index (χ2v) is 5.51. The van der Waals surface area contributed by atoms with E-state index in [9.17, 15) is 0 Å². The van der Waals surface area contributed by atoms with Gasteiger partial charge < -0.3 is 0 Å². The van der Waals surface area contributed by atoms with Gasteiger partial charge in [0, 0.05) is 0 Å². The molecule has 2 radical (unpaired) electrons. The summed E-state index contributed by atoms with van der Waals surface area (Å²) in [6.07, 6.45) is 16.5. The van der Waals surface area contributed by atoms with Gasteiger partial charge in [-0.3, -0.25) is 0 Å². The summed E-state index contributed by atoms with van der Waals surface area (Å²) in [5, 5.41) is 0. The molecule has 0 bridgehead atoms. The van der Waals surface area contributed by atoms with E-state index in [1.807, 2.05) is 0 Å². The van der Waals surface area contributed by atoms with Crippen LogP contribution >= 0.6 is 0 Å². The lowest BCUT2D eigenvalue weighted by Crippen LogP contribution is -2.07. The fraction of sp³-hybridized carbons (Fsp3) is 0.857. The Morgan fingerprint density at radius 2 is 1.50 bits per heavy atom. The van der Waals surface area contributed by atoms with Crippen molar-refractivity contribution in [3.63, 3.8) is 0 Å². The molecule has 2 saturated carbocycles. The van der Waals surface area contributed by atoms with Crippen LogP contribution in [0.1, 0.15) is 58.3 Å². The van der Waals surface area contributed by atoms with Crippen LogP contribution in [0.2, 0.25) is 0 Å². The third-order valence-corrected chi connectivity index (χ3v) is 4.03. The van der Waals surface area contributed by atoms with Crippen LogP contribution in [0, 0.1) is 30.6 Å². The van der Waals surface area contributed by atoms with Crippen molar-refractivity contribution in [3.8, 4) is 0 Å². The smallest absolute Gasteiger partial charge is 0.0383 e. The van der Waals surface area contributed by atoms with Crippen LogP contribution in [0.5, 0.6) is 0 Å². The van der Waals surface area contributed by atoms with E-state index in [-0.39, 0.29) is 0 Å². The first-order chi connectivity index (χ1) is 6.84. The van der Waals surface area contributed by atoms with Crippen LogP contribution in [-0.2, 0) is 0 Å². The number of hydrogen-bond acceptors (Lipinski definition) is 0. The molecule has 14 heavy (non-hydrogen) atoms. The van der Waals surface area contributed by atoms with Crippen molar-refractivity contribution in [2.75, 3.05) is 0 Å². The Morgan fingerprint density at radius 3 is 1.86 bits per heavy atom. The lowest BCUT2D eigenvalue weighted by atomic mass is 9.87. The third kappa shape index (κ3) is 3.00. The zero-order valence-electron chi connectivity index (χ0n) is 9.54. The van der Waals surface area contributed by atoms with Crippen LogP contribution in [0.4, 0.5) is 0 Å². The lowest BCUT2D eigenvalue weighted by Gasteiger charge is -2.19. The first kappa shape index (κ1) is 10.5. The van der Waals surface area contributed by atoms with Gasteiger partial charge in [-0.25, -0.2) is 0 Å². The van der Waals surface area contributed by atoms with E-state index in [1.165, 1.54) is 51.4 Å². The molecule has 2 atom stereocenters. The molecule has 0 aliphatic heterocycles. The predicted molar refractivity (Wildman–Crippen MR) is 61.7 cm³/mol. The standard InChI is InChI=1S/C14H24/c1-12(10-13-6-2-3-7-13)11-14-8-4-5-9-14/h2,4,12-14H,3,5-11H2,1H3. The second-order valence-electron chi connectivity index (χ2n) is 5.51. The van der Waals surface area contributed by atoms with Gasteiger partial charge in [-0.2, -0.15) is 0 Å². The highest BCUT2D eigenvalue weighted by molar-refractivity contribution is 4.84. The second kappa shape index (κ2) is 5.19. The van der Waals surface area contributed by atoms with E-state index in [0.717, 1.165) is 17.8 Å². The molecule has 0 N–H and O–H groups in total. The molecule has 2 aliphatic carbocycles. The molecule has 80 valence electrons. The van der Waals surface area contributed by atoms with Gasteiger partial charge in [0.2, 0.25) is 0 Å². The van der Waals surface area contributed by atoms with E-state index in [1.54, 1.807) is 0 Å². The van der Waals surface area contributed by atoms with E-state index in [4.69, 9.17) is 0 Å².